The van der Waals surface area contributed by atoms with Crippen molar-refractivity contribution < 1.29 is 26.7 Å². The lowest BCUT2D eigenvalue weighted by Crippen LogP contribution is -2.40. The standard InChI is InChI=1S/C22H27F5N6O/c1-2-33(11-15-3-4-16(9-17(15)23)22(25,26)27)21-19(24)20(30-13-31-21)29-10-14-5-7-32(8-6-14)12-18(28)34/h3-4,9,13-14H,2,5-8,10-12H2,1H3,(H2,28,34)(H,29,30,31). The maximum absolute atomic E-state index is 15.2. The molecule has 3 N–H and O–H groups in total. The number of aromatic nitrogens is 2. The van der Waals surface area contributed by atoms with Gasteiger partial charge in [0.25, 0.3) is 0 Å². The van der Waals surface area contributed by atoms with Crippen molar-refractivity contribution in [2.75, 3.05) is 42.9 Å². The summed E-state index contributed by atoms with van der Waals surface area (Å²) < 4.78 is 67.9. The molecule has 2 heterocycles. The number of carbonyl (C=O) groups is 1. The molecule has 0 radical (unpaired) electrons. The summed E-state index contributed by atoms with van der Waals surface area (Å²) in [6, 6.07) is 2.27. The van der Waals surface area contributed by atoms with Gasteiger partial charge in [-0.3, -0.25) is 9.69 Å². The molecule has 1 aliphatic heterocycles. The number of primary amides is 1. The van der Waals surface area contributed by atoms with E-state index >= 15 is 4.39 Å². The van der Waals surface area contributed by atoms with Gasteiger partial charge in [0, 0.05) is 25.2 Å². The van der Waals surface area contributed by atoms with E-state index in [4.69, 9.17) is 5.73 Å². The van der Waals surface area contributed by atoms with E-state index in [2.05, 4.69) is 15.3 Å². The van der Waals surface area contributed by atoms with Gasteiger partial charge >= 0.3 is 6.18 Å². The molecule has 34 heavy (non-hydrogen) atoms. The molecular weight excluding hydrogens is 459 g/mol. The van der Waals surface area contributed by atoms with Crippen LogP contribution in [0.1, 0.15) is 30.9 Å². The van der Waals surface area contributed by atoms with E-state index < -0.39 is 23.4 Å². The maximum Gasteiger partial charge on any atom is 0.416 e. The van der Waals surface area contributed by atoms with E-state index in [0.29, 0.717) is 12.6 Å². The Morgan fingerprint density at radius 1 is 1.24 bits per heavy atom. The summed E-state index contributed by atoms with van der Waals surface area (Å²) in [4.78, 5) is 22.4. The number of alkyl halides is 3. The second-order valence-electron chi connectivity index (χ2n) is 8.24. The van der Waals surface area contributed by atoms with Crippen molar-refractivity contribution in [2.24, 2.45) is 11.7 Å². The average Bonchev–Trinajstić information content (AvgIpc) is 2.78. The van der Waals surface area contributed by atoms with Crippen LogP contribution in [0.15, 0.2) is 24.5 Å². The van der Waals surface area contributed by atoms with Crippen molar-refractivity contribution in [3.05, 3.63) is 47.3 Å². The van der Waals surface area contributed by atoms with Crippen LogP contribution < -0.4 is 16.0 Å². The van der Waals surface area contributed by atoms with Gasteiger partial charge in [-0.05, 0) is 50.9 Å². The largest absolute Gasteiger partial charge is 0.416 e. The van der Waals surface area contributed by atoms with Crippen molar-refractivity contribution in [1.82, 2.24) is 14.9 Å². The van der Waals surface area contributed by atoms with Crippen LogP contribution in [0.3, 0.4) is 0 Å². The molecular formula is C22H27F5N6O. The Morgan fingerprint density at radius 2 is 1.94 bits per heavy atom. The molecule has 0 unspecified atom stereocenters. The normalized spacial score (nSPS) is 15.4. The number of piperidine rings is 1. The molecule has 1 aliphatic rings. The molecule has 186 valence electrons. The second-order valence-corrected chi connectivity index (χ2v) is 8.24. The minimum Gasteiger partial charge on any atom is -0.369 e. The van der Waals surface area contributed by atoms with Gasteiger partial charge in [-0.2, -0.15) is 17.6 Å². The average molecular weight is 486 g/mol. The highest BCUT2D eigenvalue weighted by molar-refractivity contribution is 5.75. The third-order valence-electron chi connectivity index (χ3n) is 5.84. The number of halogens is 5. The highest BCUT2D eigenvalue weighted by Crippen LogP contribution is 2.31. The van der Waals surface area contributed by atoms with Gasteiger partial charge in [0.15, 0.2) is 11.6 Å². The molecule has 1 aromatic heterocycles. The molecule has 0 spiro atoms. The Bertz CT molecular complexity index is 994. The molecule has 0 atom stereocenters. The minimum atomic E-state index is -4.65. The zero-order valence-corrected chi connectivity index (χ0v) is 18.7. The van der Waals surface area contributed by atoms with Crippen LogP contribution in [-0.2, 0) is 17.5 Å². The Hall–Kier alpha value is -3.02. The Kier molecular flexibility index (Phi) is 8.24. The number of nitrogens with one attached hydrogen (secondary N) is 1. The lowest BCUT2D eigenvalue weighted by Gasteiger charge is -2.31. The summed E-state index contributed by atoms with van der Waals surface area (Å²) in [6.45, 7) is 3.91. The van der Waals surface area contributed by atoms with Crippen molar-refractivity contribution in [2.45, 2.75) is 32.5 Å². The van der Waals surface area contributed by atoms with E-state index in [-0.39, 0.29) is 48.7 Å². The first-order valence-corrected chi connectivity index (χ1v) is 10.9. The van der Waals surface area contributed by atoms with Crippen molar-refractivity contribution in [3.63, 3.8) is 0 Å². The number of nitrogens with two attached hydrogens (primary N) is 1. The predicted molar refractivity (Wildman–Crippen MR) is 117 cm³/mol. The zero-order chi connectivity index (χ0) is 24.9. The van der Waals surface area contributed by atoms with E-state index in [1.54, 1.807) is 6.92 Å². The number of likely N-dealkylation sites (tertiary alicyclic amines) is 1. The molecule has 0 saturated carbocycles. The number of anilines is 2. The summed E-state index contributed by atoms with van der Waals surface area (Å²) in [7, 11) is 0. The Balaban J connectivity index is 1.65. The first kappa shape index (κ1) is 25.6. The fraction of sp³-hybridized carbons (Fsp3) is 0.500. The van der Waals surface area contributed by atoms with Crippen LogP contribution in [0.5, 0.6) is 0 Å². The second kappa shape index (κ2) is 10.9. The highest BCUT2D eigenvalue weighted by Gasteiger charge is 2.31. The fourth-order valence-electron chi connectivity index (χ4n) is 3.91. The van der Waals surface area contributed by atoms with Crippen molar-refractivity contribution in [1.29, 1.82) is 0 Å². The molecule has 1 fully saturated rings. The Labute approximate surface area is 194 Å². The number of carbonyl (C=O) groups excluding carboxylic acids is 1. The van der Waals surface area contributed by atoms with Crippen LogP contribution in [-0.4, -0.2) is 53.5 Å². The molecule has 12 heteroatoms. The van der Waals surface area contributed by atoms with Gasteiger partial charge in [-0.25, -0.2) is 14.4 Å². The van der Waals surface area contributed by atoms with Gasteiger partial charge in [0.05, 0.1) is 12.1 Å². The number of hydrogen-bond acceptors (Lipinski definition) is 6. The SMILES string of the molecule is CCN(Cc1ccc(C(F)(F)F)cc1F)c1ncnc(NCC2CCN(CC(N)=O)CC2)c1F. The van der Waals surface area contributed by atoms with Gasteiger partial charge in [0.1, 0.15) is 12.1 Å². The number of benzene rings is 1. The molecule has 3 rings (SSSR count). The van der Waals surface area contributed by atoms with Crippen LogP contribution in [0.4, 0.5) is 33.6 Å². The Morgan fingerprint density at radius 3 is 2.53 bits per heavy atom. The first-order valence-electron chi connectivity index (χ1n) is 10.9. The third kappa shape index (κ3) is 6.52. The van der Waals surface area contributed by atoms with Crippen LogP contribution >= 0.6 is 0 Å². The molecule has 1 aromatic carbocycles. The predicted octanol–water partition coefficient (Wildman–Crippen LogP) is 3.41. The number of nitrogens with zero attached hydrogens (tertiary/aromatic N) is 4. The van der Waals surface area contributed by atoms with Gasteiger partial charge < -0.3 is 16.0 Å². The lowest BCUT2D eigenvalue weighted by molar-refractivity contribution is -0.137. The molecule has 0 bridgehead atoms. The molecule has 0 aliphatic carbocycles. The highest BCUT2D eigenvalue weighted by atomic mass is 19.4. The monoisotopic (exact) mass is 486 g/mol. The van der Waals surface area contributed by atoms with Crippen molar-refractivity contribution in [3.8, 4) is 0 Å². The smallest absolute Gasteiger partial charge is 0.369 e. The van der Waals surface area contributed by atoms with Crippen LogP contribution in [0, 0.1) is 17.6 Å². The summed E-state index contributed by atoms with van der Waals surface area (Å²) >= 11 is 0. The van der Waals surface area contributed by atoms with Crippen LogP contribution in [0.25, 0.3) is 0 Å². The number of amides is 1. The van der Waals surface area contributed by atoms with E-state index in [9.17, 15) is 22.4 Å². The topological polar surface area (TPSA) is 87.4 Å². The zero-order valence-electron chi connectivity index (χ0n) is 18.7. The van der Waals surface area contributed by atoms with E-state index in [1.807, 2.05) is 4.90 Å². The first-order chi connectivity index (χ1) is 16.1. The number of hydrogen-bond donors (Lipinski definition) is 2. The lowest BCUT2D eigenvalue weighted by atomic mass is 9.97. The van der Waals surface area contributed by atoms with Gasteiger partial charge in [0.2, 0.25) is 11.7 Å². The van der Waals surface area contributed by atoms with Crippen LogP contribution in [0.2, 0.25) is 0 Å². The van der Waals surface area contributed by atoms with Gasteiger partial charge in [-0.1, -0.05) is 6.07 Å². The van der Waals surface area contributed by atoms with E-state index in [0.717, 1.165) is 38.1 Å². The number of rotatable bonds is 9. The summed E-state index contributed by atoms with van der Waals surface area (Å²) in [5.41, 5.74) is 4.13. The summed E-state index contributed by atoms with van der Waals surface area (Å²) in [5.74, 6) is -1.94. The summed E-state index contributed by atoms with van der Waals surface area (Å²) in [5, 5.41) is 2.99. The van der Waals surface area contributed by atoms with Gasteiger partial charge in [-0.15, -0.1) is 0 Å². The fourth-order valence-corrected chi connectivity index (χ4v) is 3.91. The molecule has 2 aromatic rings. The minimum absolute atomic E-state index is 0.00379. The molecule has 7 nitrogen and oxygen atoms in total. The third-order valence-corrected chi connectivity index (χ3v) is 5.84. The summed E-state index contributed by atoms with van der Waals surface area (Å²) in [6.07, 6.45) is -1.84. The molecule has 1 amide bonds. The van der Waals surface area contributed by atoms with Crippen molar-refractivity contribution >= 4 is 17.5 Å². The quantitative estimate of drug-likeness (QED) is 0.529. The maximum atomic E-state index is 15.2. The molecule has 1 saturated heterocycles. The van der Waals surface area contributed by atoms with E-state index in [1.165, 1.54) is 11.2 Å².